The fourth-order valence-corrected chi connectivity index (χ4v) is 4.05. The Kier molecular flexibility index (Phi) is 12.3. The van der Waals surface area contributed by atoms with Gasteiger partial charge in [-0.05, 0) is 61.1 Å². The summed E-state index contributed by atoms with van der Waals surface area (Å²) in [5.41, 5.74) is 1.78. The van der Waals surface area contributed by atoms with E-state index in [0.29, 0.717) is 5.92 Å². The van der Waals surface area contributed by atoms with Crippen LogP contribution in [0.15, 0.2) is 12.1 Å². The summed E-state index contributed by atoms with van der Waals surface area (Å²) in [4.78, 5) is 0. The van der Waals surface area contributed by atoms with Gasteiger partial charge in [0, 0.05) is 5.56 Å². The molecule has 0 saturated heterocycles. The Morgan fingerprint density at radius 1 is 0.679 bits per heavy atom. The van der Waals surface area contributed by atoms with Crippen LogP contribution < -0.4 is 0 Å². The maximum Gasteiger partial charge on any atom is 0.122 e. The molecule has 1 aromatic rings. The molecule has 0 radical (unpaired) electrons. The van der Waals surface area contributed by atoms with Crippen molar-refractivity contribution in [2.75, 3.05) is 0 Å². The largest absolute Gasteiger partial charge is 0.508 e. The van der Waals surface area contributed by atoms with Crippen LogP contribution in [0.1, 0.15) is 110 Å². The monoisotopic (exact) mass is 390 g/mol. The Balaban J connectivity index is 2.33. The molecule has 0 fully saturated rings. The van der Waals surface area contributed by atoms with Crippen LogP contribution in [0, 0.1) is 17.8 Å². The zero-order valence-electron chi connectivity index (χ0n) is 19.3. The summed E-state index contributed by atoms with van der Waals surface area (Å²) in [6.45, 7) is 11.5. The molecular formula is C26H46O2. The van der Waals surface area contributed by atoms with Crippen molar-refractivity contribution in [3.05, 3.63) is 23.3 Å². The zero-order valence-corrected chi connectivity index (χ0v) is 19.3. The highest BCUT2D eigenvalue weighted by Crippen LogP contribution is 2.32. The fraction of sp³-hybridized carbons (Fsp3) is 0.769. The molecule has 0 amide bonds. The van der Waals surface area contributed by atoms with Crippen molar-refractivity contribution in [2.24, 2.45) is 17.8 Å². The number of unbranched alkanes of at least 4 members (excludes halogenated alkanes) is 2. The van der Waals surface area contributed by atoms with Gasteiger partial charge in [0.25, 0.3) is 0 Å². The molecule has 2 N–H and O–H groups in total. The van der Waals surface area contributed by atoms with Gasteiger partial charge in [-0.15, -0.1) is 0 Å². The topological polar surface area (TPSA) is 40.5 Å². The van der Waals surface area contributed by atoms with Gasteiger partial charge in [-0.2, -0.15) is 0 Å². The summed E-state index contributed by atoms with van der Waals surface area (Å²) >= 11 is 0. The summed E-state index contributed by atoms with van der Waals surface area (Å²) in [5, 5.41) is 20.7. The van der Waals surface area contributed by atoms with E-state index in [4.69, 9.17) is 0 Å². The molecule has 0 aliphatic carbocycles. The first-order chi connectivity index (χ1) is 13.3. The van der Waals surface area contributed by atoms with E-state index >= 15 is 0 Å². The molecule has 2 nitrogen and oxygen atoms in total. The van der Waals surface area contributed by atoms with E-state index in [9.17, 15) is 10.2 Å². The molecule has 0 heterocycles. The molecule has 28 heavy (non-hydrogen) atoms. The first-order valence-electron chi connectivity index (χ1n) is 11.9. The molecule has 2 atom stereocenters. The SMILES string of the molecule is CCCCCc1cc(O)c(CCC(C)CCCC(C)CCCC(C)C)c(O)c1. The number of benzene rings is 1. The van der Waals surface area contributed by atoms with Crippen molar-refractivity contribution >= 4 is 0 Å². The number of aryl methyl sites for hydroxylation is 1. The predicted octanol–water partition coefficient (Wildman–Crippen LogP) is 8.03. The maximum absolute atomic E-state index is 10.4. The van der Waals surface area contributed by atoms with Crippen LogP contribution in [-0.4, -0.2) is 10.2 Å². The lowest BCUT2D eigenvalue weighted by Crippen LogP contribution is -2.02. The molecule has 0 aromatic heterocycles. The van der Waals surface area contributed by atoms with Gasteiger partial charge in [-0.1, -0.05) is 86.0 Å². The third kappa shape index (κ3) is 10.4. The normalized spacial score (nSPS) is 13.8. The van der Waals surface area contributed by atoms with Crippen molar-refractivity contribution in [3.63, 3.8) is 0 Å². The Labute approximate surface area is 174 Å². The number of phenolic OH excluding ortho intramolecular Hbond substituents is 2. The van der Waals surface area contributed by atoms with Crippen LogP contribution >= 0.6 is 0 Å². The summed E-state index contributed by atoms with van der Waals surface area (Å²) in [7, 11) is 0. The van der Waals surface area contributed by atoms with Crippen LogP contribution in [0.2, 0.25) is 0 Å². The highest BCUT2D eigenvalue weighted by molar-refractivity contribution is 5.46. The Hall–Kier alpha value is -1.18. The number of hydrogen-bond acceptors (Lipinski definition) is 2. The minimum absolute atomic E-state index is 0.275. The number of hydrogen-bond donors (Lipinski definition) is 2. The highest BCUT2D eigenvalue weighted by Gasteiger charge is 2.12. The van der Waals surface area contributed by atoms with E-state index in [1.54, 1.807) is 0 Å². The number of phenols is 2. The van der Waals surface area contributed by atoms with Gasteiger partial charge in [-0.3, -0.25) is 0 Å². The first kappa shape index (κ1) is 24.9. The van der Waals surface area contributed by atoms with Crippen LogP contribution in [0.4, 0.5) is 0 Å². The lowest BCUT2D eigenvalue weighted by Gasteiger charge is -2.16. The van der Waals surface area contributed by atoms with Crippen molar-refractivity contribution in [2.45, 2.75) is 112 Å². The van der Waals surface area contributed by atoms with E-state index in [1.807, 2.05) is 12.1 Å². The molecular weight excluding hydrogens is 344 g/mol. The lowest BCUT2D eigenvalue weighted by atomic mass is 9.91. The van der Waals surface area contributed by atoms with Gasteiger partial charge in [0.2, 0.25) is 0 Å². The van der Waals surface area contributed by atoms with E-state index in [2.05, 4.69) is 34.6 Å². The predicted molar refractivity (Wildman–Crippen MR) is 122 cm³/mol. The number of rotatable bonds is 15. The van der Waals surface area contributed by atoms with Gasteiger partial charge in [0.05, 0.1) is 0 Å². The van der Waals surface area contributed by atoms with Crippen LogP contribution in [0.5, 0.6) is 11.5 Å². The van der Waals surface area contributed by atoms with Crippen molar-refractivity contribution in [3.8, 4) is 11.5 Å². The van der Waals surface area contributed by atoms with Gasteiger partial charge < -0.3 is 10.2 Å². The summed E-state index contributed by atoms with van der Waals surface area (Å²) in [6.07, 6.45) is 14.1. The Bertz CT molecular complexity index is 512. The third-order valence-electron chi connectivity index (χ3n) is 6.09. The molecule has 0 spiro atoms. The Morgan fingerprint density at radius 3 is 1.75 bits per heavy atom. The minimum atomic E-state index is 0.275. The second kappa shape index (κ2) is 13.9. The molecule has 0 bridgehead atoms. The molecule has 162 valence electrons. The standard InChI is InChI=1S/C26H46O2/c1-6-7-8-15-23-18-25(27)24(26(28)19-23)17-16-22(5)14-10-13-21(4)12-9-11-20(2)3/h18-22,27-28H,6-17H2,1-5H3. The van der Waals surface area contributed by atoms with Crippen molar-refractivity contribution in [1.82, 2.24) is 0 Å². The van der Waals surface area contributed by atoms with E-state index in [-0.39, 0.29) is 11.5 Å². The highest BCUT2D eigenvalue weighted by atomic mass is 16.3. The molecule has 0 aliphatic rings. The molecule has 2 unspecified atom stereocenters. The van der Waals surface area contributed by atoms with Crippen molar-refractivity contribution < 1.29 is 10.2 Å². The lowest BCUT2D eigenvalue weighted by molar-refractivity contribution is 0.388. The summed E-state index contributed by atoms with van der Waals surface area (Å²) < 4.78 is 0. The zero-order chi connectivity index (χ0) is 20.9. The van der Waals surface area contributed by atoms with Crippen LogP contribution in [-0.2, 0) is 12.8 Å². The second-order valence-corrected chi connectivity index (χ2v) is 9.57. The Morgan fingerprint density at radius 2 is 1.21 bits per heavy atom. The van der Waals surface area contributed by atoms with Gasteiger partial charge in [0.15, 0.2) is 0 Å². The van der Waals surface area contributed by atoms with E-state index in [0.717, 1.165) is 48.6 Å². The smallest absolute Gasteiger partial charge is 0.122 e. The summed E-state index contributed by atoms with van der Waals surface area (Å²) in [6, 6.07) is 3.71. The minimum Gasteiger partial charge on any atom is -0.508 e. The maximum atomic E-state index is 10.4. The van der Waals surface area contributed by atoms with E-state index < -0.39 is 0 Å². The quantitative estimate of drug-likeness (QED) is 0.297. The van der Waals surface area contributed by atoms with E-state index in [1.165, 1.54) is 51.4 Å². The van der Waals surface area contributed by atoms with Gasteiger partial charge in [0.1, 0.15) is 11.5 Å². The molecule has 0 saturated carbocycles. The third-order valence-corrected chi connectivity index (χ3v) is 6.09. The molecule has 1 rings (SSSR count). The van der Waals surface area contributed by atoms with Crippen LogP contribution in [0.3, 0.4) is 0 Å². The van der Waals surface area contributed by atoms with Gasteiger partial charge >= 0.3 is 0 Å². The van der Waals surface area contributed by atoms with Gasteiger partial charge in [-0.25, -0.2) is 0 Å². The fourth-order valence-electron chi connectivity index (χ4n) is 4.05. The van der Waals surface area contributed by atoms with Crippen molar-refractivity contribution in [1.29, 1.82) is 0 Å². The van der Waals surface area contributed by atoms with Crippen LogP contribution in [0.25, 0.3) is 0 Å². The molecule has 2 heteroatoms. The average Bonchev–Trinajstić information content (AvgIpc) is 2.61. The first-order valence-corrected chi connectivity index (χ1v) is 11.9. The summed E-state index contributed by atoms with van der Waals surface area (Å²) in [5.74, 6) is 2.84. The number of aromatic hydroxyl groups is 2. The molecule has 1 aromatic carbocycles. The second-order valence-electron chi connectivity index (χ2n) is 9.57. The molecule has 0 aliphatic heterocycles. The average molecular weight is 391 g/mol.